The summed E-state index contributed by atoms with van der Waals surface area (Å²) in [5, 5.41) is 3.71. The van der Waals surface area contributed by atoms with Crippen LogP contribution in [0.4, 0.5) is 5.69 Å². The van der Waals surface area contributed by atoms with Crippen LogP contribution in [0.15, 0.2) is 60.8 Å². The van der Waals surface area contributed by atoms with Crippen LogP contribution in [0, 0.1) is 0 Å². The van der Waals surface area contributed by atoms with E-state index in [-0.39, 0.29) is 5.91 Å². The second-order valence-electron chi connectivity index (χ2n) is 4.56. The number of hydrogen-bond donors (Lipinski definition) is 1. The zero-order valence-corrected chi connectivity index (χ0v) is 11.5. The highest BCUT2D eigenvalue weighted by molar-refractivity contribution is 6.12. The molecule has 0 atom stereocenters. The monoisotopic (exact) mass is 278 g/mol. The molecular formula is C17H14N2O2. The number of rotatable bonds is 3. The molecule has 0 saturated carbocycles. The number of nitrogens with one attached hydrogen (secondary N) is 1. The number of anilines is 1. The van der Waals surface area contributed by atoms with Crippen LogP contribution in [0.5, 0.6) is 5.75 Å². The van der Waals surface area contributed by atoms with Gasteiger partial charge in [0.2, 0.25) is 0 Å². The normalized spacial score (nSPS) is 10.3. The second-order valence-corrected chi connectivity index (χ2v) is 4.56. The van der Waals surface area contributed by atoms with Gasteiger partial charge in [0, 0.05) is 23.3 Å². The van der Waals surface area contributed by atoms with Crippen molar-refractivity contribution in [1.82, 2.24) is 4.98 Å². The zero-order chi connectivity index (χ0) is 14.7. The summed E-state index contributed by atoms with van der Waals surface area (Å²) in [6.45, 7) is 0. The van der Waals surface area contributed by atoms with E-state index in [9.17, 15) is 4.79 Å². The first-order valence-electron chi connectivity index (χ1n) is 6.57. The van der Waals surface area contributed by atoms with Gasteiger partial charge >= 0.3 is 0 Å². The predicted molar refractivity (Wildman–Crippen MR) is 82.7 cm³/mol. The molecule has 0 unspecified atom stereocenters. The number of para-hydroxylation sites is 1. The number of amides is 1. The molecule has 3 rings (SSSR count). The number of aromatic nitrogens is 1. The maximum atomic E-state index is 12.4. The summed E-state index contributed by atoms with van der Waals surface area (Å²) < 4.78 is 5.15. The lowest BCUT2D eigenvalue weighted by molar-refractivity contribution is 0.102. The third kappa shape index (κ3) is 2.69. The molecule has 0 bridgehead atoms. The van der Waals surface area contributed by atoms with E-state index < -0.39 is 0 Å². The number of carbonyl (C=O) groups excluding carboxylic acids is 1. The predicted octanol–water partition coefficient (Wildman–Crippen LogP) is 3.50. The second kappa shape index (κ2) is 5.63. The molecule has 1 aromatic heterocycles. The molecule has 1 N–H and O–H groups in total. The fourth-order valence-corrected chi connectivity index (χ4v) is 2.19. The van der Waals surface area contributed by atoms with Crippen LogP contribution in [-0.4, -0.2) is 18.0 Å². The highest BCUT2D eigenvalue weighted by atomic mass is 16.5. The van der Waals surface area contributed by atoms with Crippen LogP contribution in [-0.2, 0) is 0 Å². The molecule has 0 saturated heterocycles. The van der Waals surface area contributed by atoms with E-state index >= 15 is 0 Å². The Balaban J connectivity index is 1.93. The lowest BCUT2D eigenvalue weighted by atomic mass is 10.1. The Labute approximate surface area is 122 Å². The topological polar surface area (TPSA) is 51.2 Å². The molecule has 0 spiro atoms. The highest BCUT2D eigenvalue weighted by Crippen LogP contribution is 2.20. The number of ether oxygens (including phenoxy) is 1. The number of carbonyl (C=O) groups is 1. The number of methoxy groups -OCH3 is 1. The number of benzene rings is 2. The van der Waals surface area contributed by atoms with Crippen LogP contribution in [0.25, 0.3) is 10.9 Å². The van der Waals surface area contributed by atoms with E-state index in [1.54, 1.807) is 25.4 Å². The molecule has 1 amide bonds. The lowest BCUT2D eigenvalue weighted by Gasteiger charge is -2.08. The van der Waals surface area contributed by atoms with Crippen molar-refractivity contribution >= 4 is 22.5 Å². The van der Waals surface area contributed by atoms with Gasteiger partial charge in [-0.15, -0.1) is 0 Å². The first kappa shape index (κ1) is 13.1. The summed E-state index contributed by atoms with van der Waals surface area (Å²) >= 11 is 0. The van der Waals surface area contributed by atoms with E-state index in [2.05, 4.69) is 10.3 Å². The van der Waals surface area contributed by atoms with E-state index in [1.165, 1.54) is 0 Å². The molecule has 0 fully saturated rings. The van der Waals surface area contributed by atoms with Crippen molar-refractivity contribution in [2.75, 3.05) is 12.4 Å². The minimum atomic E-state index is -0.165. The van der Waals surface area contributed by atoms with Crippen LogP contribution >= 0.6 is 0 Å². The molecule has 21 heavy (non-hydrogen) atoms. The summed E-state index contributed by atoms with van der Waals surface area (Å²) in [4.78, 5) is 16.7. The molecule has 0 aliphatic heterocycles. The third-order valence-corrected chi connectivity index (χ3v) is 3.22. The van der Waals surface area contributed by atoms with Crippen molar-refractivity contribution in [3.8, 4) is 5.75 Å². The van der Waals surface area contributed by atoms with E-state index in [1.807, 2.05) is 42.5 Å². The van der Waals surface area contributed by atoms with Crippen molar-refractivity contribution in [3.05, 3.63) is 66.4 Å². The largest absolute Gasteiger partial charge is 0.497 e. The van der Waals surface area contributed by atoms with Crippen molar-refractivity contribution < 1.29 is 9.53 Å². The van der Waals surface area contributed by atoms with Crippen LogP contribution in [0.2, 0.25) is 0 Å². The molecular weight excluding hydrogens is 264 g/mol. The average molecular weight is 278 g/mol. The summed E-state index contributed by atoms with van der Waals surface area (Å²) in [6.07, 6.45) is 1.64. The Morgan fingerprint density at radius 3 is 2.81 bits per heavy atom. The summed E-state index contributed by atoms with van der Waals surface area (Å²) in [5.41, 5.74) is 2.10. The molecule has 104 valence electrons. The number of hydrogen-bond acceptors (Lipinski definition) is 3. The van der Waals surface area contributed by atoms with Gasteiger partial charge in [-0.3, -0.25) is 9.78 Å². The van der Waals surface area contributed by atoms with Gasteiger partial charge in [0.25, 0.3) is 5.91 Å². The van der Waals surface area contributed by atoms with E-state index in [0.29, 0.717) is 17.0 Å². The van der Waals surface area contributed by atoms with Crippen molar-refractivity contribution in [2.24, 2.45) is 0 Å². The van der Waals surface area contributed by atoms with Gasteiger partial charge in [0.1, 0.15) is 5.75 Å². The van der Waals surface area contributed by atoms with E-state index in [0.717, 1.165) is 10.9 Å². The van der Waals surface area contributed by atoms with Crippen LogP contribution < -0.4 is 10.1 Å². The van der Waals surface area contributed by atoms with Gasteiger partial charge in [-0.2, -0.15) is 0 Å². The Morgan fingerprint density at radius 1 is 1.10 bits per heavy atom. The molecule has 0 aliphatic carbocycles. The minimum absolute atomic E-state index is 0.165. The third-order valence-electron chi connectivity index (χ3n) is 3.22. The maximum Gasteiger partial charge on any atom is 0.256 e. The number of fused-ring (bicyclic) bond motifs is 1. The molecule has 4 heteroatoms. The fourth-order valence-electron chi connectivity index (χ4n) is 2.19. The highest BCUT2D eigenvalue weighted by Gasteiger charge is 2.10. The maximum absolute atomic E-state index is 12.4. The number of pyridine rings is 1. The van der Waals surface area contributed by atoms with Gasteiger partial charge in [-0.05, 0) is 24.3 Å². The molecule has 3 aromatic rings. The summed E-state index contributed by atoms with van der Waals surface area (Å²) in [7, 11) is 1.59. The van der Waals surface area contributed by atoms with Crippen molar-refractivity contribution in [1.29, 1.82) is 0 Å². The van der Waals surface area contributed by atoms with Gasteiger partial charge in [0.05, 0.1) is 18.2 Å². The first-order valence-corrected chi connectivity index (χ1v) is 6.57. The minimum Gasteiger partial charge on any atom is -0.497 e. The Kier molecular flexibility index (Phi) is 3.51. The molecule has 4 nitrogen and oxygen atoms in total. The molecule has 0 radical (unpaired) electrons. The lowest BCUT2D eigenvalue weighted by Crippen LogP contribution is -2.12. The SMILES string of the molecule is COc1cccc(NC(=O)c2ccnc3ccccc23)c1. The average Bonchev–Trinajstić information content (AvgIpc) is 2.54. The van der Waals surface area contributed by atoms with Gasteiger partial charge in [-0.25, -0.2) is 0 Å². The van der Waals surface area contributed by atoms with E-state index in [4.69, 9.17) is 4.74 Å². The quantitative estimate of drug-likeness (QED) is 0.797. The Morgan fingerprint density at radius 2 is 1.95 bits per heavy atom. The van der Waals surface area contributed by atoms with Crippen LogP contribution in [0.3, 0.4) is 0 Å². The van der Waals surface area contributed by atoms with Gasteiger partial charge < -0.3 is 10.1 Å². The number of nitrogens with zero attached hydrogens (tertiary/aromatic N) is 1. The Hall–Kier alpha value is -2.88. The smallest absolute Gasteiger partial charge is 0.256 e. The fraction of sp³-hybridized carbons (Fsp3) is 0.0588. The van der Waals surface area contributed by atoms with Crippen LogP contribution in [0.1, 0.15) is 10.4 Å². The Bertz CT molecular complexity index is 794. The molecule has 2 aromatic carbocycles. The van der Waals surface area contributed by atoms with Gasteiger partial charge in [-0.1, -0.05) is 24.3 Å². The summed E-state index contributed by atoms with van der Waals surface area (Å²) in [6, 6.07) is 16.6. The van der Waals surface area contributed by atoms with Crippen molar-refractivity contribution in [3.63, 3.8) is 0 Å². The van der Waals surface area contributed by atoms with Crippen molar-refractivity contribution in [2.45, 2.75) is 0 Å². The first-order chi connectivity index (χ1) is 10.3. The summed E-state index contributed by atoms with van der Waals surface area (Å²) in [5.74, 6) is 0.536. The standard InChI is InChI=1S/C17H14N2O2/c1-21-13-6-4-5-12(11-13)19-17(20)15-9-10-18-16-8-3-2-7-14(15)16/h2-11H,1H3,(H,19,20). The molecule has 1 heterocycles. The van der Waals surface area contributed by atoms with Gasteiger partial charge in [0.15, 0.2) is 0 Å². The molecule has 0 aliphatic rings. The zero-order valence-electron chi connectivity index (χ0n) is 11.5.